The predicted molar refractivity (Wildman–Crippen MR) is 245 cm³/mol. The van der Waals surface area contributed by atoms with E-state index in [9.17, 15) is 23.8 Å². The molecule has 0 aliphatic heterocycles. The summed E-state index contributed by atoms with van der Waals surface area (Å²) in [5, 5.41) is 8.90. The van der Waals surface area contributed by atoms with Crippen LogP contribution in [-0.4, -0.2) is 59.9 Å². The van der Waals surface area contributed by atoms with Crippen LogP contribution in [0.5, 0.6) is 0 Å². The lowest BCUT2D eigenvalue weighted by Gasteiger charge is -2.20. The number of aliphatic carboxylic acids is 1. The Morgan fingerprint density at radius 1 is 0.517 bits per heavy atom. The number of phosphoric acid groups is 1. The van der Waals surface area contributed by atoms with E-state index in [1.165, 1.54) is 103 Å². The van der Waals surface area contributed by atoms with Crippen LogP contribution in [0.25, 0.3) is 0 Å². The molecular weight excluding hydrogens is 781 g/mol. The predicted octanol–water partition coefficient (Wildman–Crippen LogP) is 12.7. The van der Waals surface area contributed by atoms with E-state index in [-0.39, 0.29) is 19.4 Å². The van der Waals surface area contributed by atoms with Gasteiger partial charge >= 0.3 is 25.7 Å². The van der Waals surface area contributed by atoms with E-state index in [4.69, 9.17) is 24.8 Å². The van der Waals surface area contributed by atoms with Gasteiger partial charge in [-0.05, 0) is 77.0 Å². The maximum Gasteiger partial charge on any atom is 0.472 e. The highest BCUT2D eigenvalue weighted by atomic mass is 31.2. The van der Waals surface area contributed by atoms with Crippen LogP contribution >= 0.6 is 7.82 Å². The molecule has 0 aliphatic carbocycles. The van der Waals surface area contributed by atoms with Crippen LogP contribution in [0.3, 0.4) is 0 Å². The molecule has 0 fully saturated rings. The average molecular weight is 866 g/mol. The Labute approximate surface area is 364 Å². The Balaban J connectivity index is 4.40. The van der Waals surface area contributed by atoms with Crippen molar-refractivity contribution in [3.63, 3.8) is 0 Å². The largest absolute Gasteiger partial charge is 0.480 e. The maximum absolute atomic E-state index is 12.6. The maximum atomic E-state index is 12.6. The second kappa shape index (κ2) is 42.9. The molecule has 0 aromatic carbocycles. The minimum Gasteiger partial charge on any atom is -0.480 e. The van der Waals surface area contributed by atoms with E-state index < -0.39 is 51.1 Å². The fraction of sp³-hybridized carbons (Fsp3) is 0.729. The number of carboxylic acids is 1. The number of carbonyl (C=O) groups excluding carboxylic acids is 2. The first-order valence-electron chi connectivity index (χ1n) is 23.3. The zero-order chi connectivity index (χ0) is 44.2. The van der Waals surface area contributed by atoms with Gasteiger partial charge in [0.05, 0.1) is 13.2 Å². The molecular formula is C48H84NO10P. The number of hydrogen-bond acceptors (Lipinski definition) is 9. The third kappa shape index (κ3) is 41.9. The zero-order valence-electron chi connectivity index (χ0n) is 37.5. The van der Waals surface area contributed by atoms with Crippen molar-refractivity contribution in [2.45, 2.75) is 206 Å². The molecule has 0 rings (SSSR count). The van der Waals surface area contributed by atoms with Gasteiger partial charge in [0.1, 0.15) is 12.6 Å². The van der Waals surface area contributed by atoms with Crippen LogP contribution in [0.4, 0.5) is 0 Å². The Hall–Kier alpha value is -2.82. The molecule has 12 heteroatoms. The lowest BCUT2D eigenvalue weighted by molar-refractivity contribution is -0.161. The number of unbranched alkanes of at least 4 members (excludes halogenated alkanes) is 19. The van der Waals surface area contributed by atoms with Crippen molar-refractivity contribution < 1.29 is 47.5 Å². The first-order chi connectivity index (χ1) is 29.1. The summed E-state index contributed by atoms with van der Waals surface area (Å²) in [6.45, 7) is 2.72. The average Bonchev–Trinajstić information content (AvgIpc) is 3.22. The summed E-state index contributed by atoms with van der Waals surface area (Å²) in [7, 11) is -4.74. The Morgan fingerprint density at radius 3 is 1.42 bits per heavy atom. The van der Waals surface area contributed by atoms with Gasteiger partial charge in [0, 0.05) is 12.8 Å². The number of esters is 2. The van der Waals surface area contributed by atoms with Crippen LogP contribution in [0.15, 0.2) is 60.8 Å². The van der Waals surface area contributed by atoms with Gasteiger partial charge in [0.2, 0.25) is 0 Å². The second-order valence-electron chi connectivity index (χ2n) is 15.5. The molecule has 60 heavy (non-hydrogen) atoms. The Bertz CT molecular complexity index is 1250. The van der Waals surface area contributed by atoms with Crippen molar-refractivity contribution in [1.29, 1.82) is 0 Å². The van der Waals surface area contributed by atoms with Gasteiger partial charge in [-0.3, -0.25) is 23.4 Å². The van der Waals surface area contributed by atoms with Gasteiger partial charge in [-0.2, -0.15) is 0 Å². The molecule has 0 aliphatic rings. The smallest absolute Gasteiger partial charge is 0.472 e. The molecule has 3 atom stereocenters. The fourth-order valence-corrected chi connectivity index (χ4v) is 6.83. The van der Waals surface area contributed by atoms with Gasteiger partial charge in [-0.1, -0.05) is 164 Å². The van der Waals surface area contributed by atoms with E-state index in [1.807, 2.05) is 12.2 Å². The molecule has 0 heterocycles. The first kappa shape index (κ1) is 57.2. The van der Waals surface area contributed by atoms with E-state index in [1.54, 1.807) is 0 Å². The lowest BCUT2D eigenvalue weighted by Crippen LogP contribution is -2.34. The molecule has 0 radical (unpaired) electrons. The molecule has 0 amide bonds. The number of carbonyl (C=O) groups is 3. The summed E-state index contributed by atoms with van der Waals surface area (Å²) < 4.78 is 32.7. The number of rotatable bonds is 43. The number of nitrogens with two attached hydrogens (primary N) is 1. The highest BCUT2D eigenvalue weighted by Gasteiger charge is 2.28. The monoisotopic (exact) mass is 866 g/mol. The summed E-state index contributed by atoms with van der Waals surface area (Å²) in [6, 6.07) is -1.53. The molecule has 4 N–H and O–H groups in total. The normalized spacial score (nSPS) is 14.2. The Kier molecular flexibility index (Phi) is 40.8. The molecule has 0 bridgehead atoms. The van der Waals surface area contributed by atoms with Crippen LogP contribution in [0.1, 0.15) is 194 Å². The second-order valence-corrected chi connectivity index (χ2v) is 17.0. The van der Waals surface area contributed by atoms with Crippen LogP contribution in [0, 0.1) is 0 Å². The van der Waals surface area contributed by atoms with Crippen LogP contribution in [0.2, 0.25) is 0 Å². The molecule has 346 valence electrons. The summed E-state index contributed by atoms with van der Waals surface area (Å²) in [5.74, 6) is -2.45. The number of ether oxygens (including phenoxy) is 2. The molecule has 0 saturated carbocycles. The van der Waals surface area contributed by atoms with Gasteiger partial charge < -0.3 is 25.2 Å². The first-order valence-corrected chi connectivity index (χ1v) is 24.8. The van der Waals surface area contributed by atoms with E-state index in [0.717, 1.165) is 44.9 Å². The fourth-order valence-electron chi connectivity index (χ4n) is 6.05. The number of phosphoric ester groups is 1. The number of hydrogen-bond donors (Lipinski definition) is 3. The highest BCUT2D eigenvalue weighted by molar-refractivity contribution is 7.47. The number of allylic oxidation sites excluding steroid dienone is 10. The topological polar surface area (TPSA) is 172 Å². The molecule has 0 spiro atoms. The third-order valence-electron chi connectivity index (χ3n) is 9.74. The standard InChI is InChI=1S/C48H84NO10P/c1-3-5-7-9-11-13-15-17-19-21-22-24-25-27-29-31-33-35-37-39-46(50)56-41-44(42-57-60(54,55)58-43-45(49)48(52)53)59-47(51)40-38-36-34-32-30-28-26-23-20-18-16-14-12-10-8-6-4-2/h12,14,17-20,26,28,32,34,44-45H,3-11,13,15-16,21-25,27,29-31,33,35-43,49H2,1-2H3,(H,52,53)(H,54,55)/b14-12+,19-17+,20-18+,28-26+,34-32+/t44-,45+/m1/s1. The summed E-state index contributed by atoms with van der Waals surface area (Å²) in [6.07, 6.45) is 50.0. The minimum absolute atomic E-state index is 0.0833. The lowest BCUT2D eigenvalue weighted by atomic mass is 10.1. The molecule has 0 saturated heterocycles. The highest BCUT2D eigenvalue weighted by Crippen LogP contribution is 2.43. The van der Waals surface area contributed by atoms with E-state index in [2.05, 4.69) is 67.0 Å². The SMILES string of the molecule is CCCCC/C=C/C/C=C/C/C=C/C/C=C/CCCC(=O)O[C@H](COC(=O)CCCCCCCCCCC/C=C/CCCCCCCC)COP(=O)(O)OC[C@H](N)C(=O)O. The van der Waals surface area contributed by atoms with Crippen LogP contribution in [-0.2, 0) is 37.5 Å². The zero-order valence-corrected chi connectivity index (χ0v) is 38.4. The molecule has 0 aromatic rings. The van der Waals surface area contributed by atoms with Crippen molar-refractivity contribution in [3.05, 3.63) is 60.8 Å². The molecule has 0 aromatic heterocycles. The van der Waals surface area contributed by atoms with Gasteiger partial charge in [-0.25, -0.2) is 4.57 Å². The van der Waals surface area contributed by atoms with Crippen molar-refractivity contribution >= 4 is 25.7 Å². The summed E-state index contributed by atoms with van der Waals surface area (Å²) in [5.41, 5.74) is 5.34. The molecule has 11 nitrogen and oxygen atoms in total. The van der Waals surface area contributed by atoms with Gasteiger partial charge in [0.15, 0.2) is 6.10 Å². The van der Waals surface area contributed by atoms with Gasteiger partial charge in [0.25, 0.3) is 0 Å². The van der Waals surface area contributed by atoms with Crippen LogP contribution < -0.4 is 5.73 Å². The quantitative estimate of drug-likeness (QED) is 0.0230. The van der Waals surface area contributed by atoms with Crippen molar-refractivity contribution in [1.82, 2.24) is 0 Å². The van der Waals surface area contributed by atoms with Crippen molar-refractivity contribution in [2.75, 3.05) is 19.8 Å². The minimum atomic E-state index is -4.74. The van der Waals surface area contributed by atoms with Gasteiger partial charge in [-0.15, -0.1) is 0 Å². The molecule has 1 unspecified atom stereocenters. The summed E-state index contributed by atoms with van der Waals surface area (Å²) in [4.78, 5) is 46.0. The van der Waals surface area contributed by atoms with Crippen molar-refractivity contribution in [3.8, 4) is 0 Å². The van der Waals surface area contributed by atoms with E-state index >= 15 is 0 Å². The third-order valence-corrected chi connectivity index (χ3v) is 10.7. The Morgan fingerprint density at radius 2 is 0.900 bits per heavy atom. The van der Waals surface area contributed by atoms with E-state index in [0.29, 0.717) is 19.3 Å². The summed E-state index contributed by atoms with van der Waals surface area (Å²) >= 11 is 0. The van der Waals surface area contributed by atoms with Crippen molar-refractivity contribution in [2.24, 2.45) is 5.73 Å². The number of carboxylic acid groups (broad SMARTS) is 1.